The molecule has 4 nitrogen and oxygen atoms in total. The maximum absolute atomic E-state index is 6.40. The first kappa shape index (κ1) is 20.8. The average Bonchev–Trinajstić information content (AvgIpc) is 2.74. The molecule has 3 aromatic rings. The fourth-order valence-corrected chi connectivity index (χ4v) is 4.09. The molecule has 1 aliphatic rings. The third kappa shape index (κ3) is 4.82. The molecule has 1 saturated carbocycles. The molecule has 1 aromatic heterocycles. The predicted octanol–water partition coefficient (Wildman–Crippen LogP) is 6.26. The van der Waals surface area contributed by atoms with Gasteiger partial charge in [0.05, 0.1) is 5.52 Å². The van der Waals surface area contributed by atoms with Crippen LogP contribution in [0.4, 0.5) is 5.82 Å². The van der Waals surface area contributed by atoms with Crippen LogP contribution in [0, 0.1) is 0 Å². The molecule has 156 valence electrons. The molecule has 1 heterocycles. The molecule has 0 saturated heterocycles. The first-order valence-corrected chi connectivity index (χ1v) is 11.1. The van der Waals surface area contributed by atoms with Crippen LogP contribution >= 0.6 is 11.6 Å². The van der Waals surface area contributed by atoms with Crippen molar-refractivity contribution < 1.29 is 0 Å². The summed E-state index contributed by atoms with van der Waals surface area (Å²) in [5.41, 5.74) is 9.69. The summed E-state index contributed by atoms with van der Waals surface area (Å²) < 4.78 is 0. The lowest BCUT2D eigenvalue weighted by molar-refractivity contribution is 0.403. The Morgan fingerprint density at radius 3 is 2.53 bits per heavy atom. The Kier molecular flexibility index (Phi) is 6.35. The highest BCUT2D eigenvalue weighted by Gasteiger charge is 2.23. The molecule has 0 radical (unpaired) electrons. The molecule has 2 atom stereocenters. The molecular formula is C25H29ClN4. The molecule has 2 aromatic carbocycles. The van der Waals surface area contributed by atoms with E-state index in [2.05, 4.69) is 37.4 Å². The summed E-state index contributed by atoms with van der Waals surface area (Å²) in [6.07, 6.45) is 8.50. The summed E-state index contributed by atoms with van der Waals surface area (Å²) in [6.45, 7) is 4.41. The number of anilines is 1. The van der Waals surface area contributed by atoms with Crippen LogP contribution in [0.25, 0.3) is 23.1 Å². The maximum Gasteiger partial charge on any atom is 0.154 e. The van der Waals surface area contributed by atoms with E-state index in [4.69, 9.17) is 27.3 Å². The quantitative estimate of drug-likeness (QED) is 0.511. The number of nitrogens with two attached hydrogens (primary N) is 1. The van der Waals surface area contributed by atoms with Gasteiger partial charge < -0.3 is 11.1 Å². The minimum absolute atomic E-state index is 0.158. The van der Waals surface area contributed by atoms with E-state index in [0.29, 0.717) is 11.7 Å². The Labute approximate surface area is 183 Å². The van der Waals surface area contributed by atoms with Crippen LogP contribution in [0.15, 0.2) is 42.5 Å². The van der Waals surface area contributed by atoms with Gasteiger partial charge in [0.1, 0.15) is 5.82 Å². The zero-order valence-electron chi connectivity index (χ0n) is 17.6. The lowest BCUT2D eigenvalue weighted by Gasteiger charge is -2.30. The van der Waals surface area contributed by atoms with Crippen molar-refractivity contribution in [1.29, 1.82) is 0 Å². The van der Waals surface area contributed by atoms with Crippen molar-refractivity contribution >= 4 is 40.5 Å². The highest BCUT2D eigenvalue weighted by Crippen LogP contribution is 2.28. The van der Waals surface area contributed by atoms with Gasteiger partial charge >= 0.3 is 0 Å². The van der Waals surface area contributed by atoms with E-state index in [-0.39, 0.29) is 12.1 Å². The normalized spacial score (nSPS) is 19.6. The van der Waals surface area contributed by atoms with Gasteiger partial charge in [0, 0.05) is 22.5 Å². The fourth-order valence-electron chi connectivity index (χ4n) is 3.97. The lowest BCUT2D eigenvalue weighted by atomic mass is 9.91. The number of fused-ring (bicyclic) bond motifs is 1. The van der Waals surface area contributed by atoms with Crippen molar-refractivity contribution in [2.75, 3.05) is 5.32 Å². The van der Waals surface area contributed by atoms with Gasteiger partial charge in [0.25, 0.3) is 0 Å². The second kappa shape index (κ2) is 9.15. The smallest absolute Gasteiger partial charge is 0.154 e. The largest absolute Gasteiger partial charge is 0.365 e. The molecule has 0 bridgehead atoms. The van der Waals surface area contributed by atoms with Crippen molar-refractivity contribution in [2.45, 2.75) is 57.5 Å². The number of hydrogen-bond acceptors (Lipinski definition) is 4. The zero-order valence-corrected chi connectivity index (χ0v) is 18.4. The number of nitrogens with zero attached hydrogens (tertiary/aromatic N) is 2. The summed E-state index contributed by atoms with van der Waals surface area (Å²) in [4.78, 5) is 9.66. The monoisotopic (exact) mass is 420 g/mol. The molecule has 0 spiro atoms. The van der Waals surface area contributed by atoms with Gasteiger partial charge in [-0.05, 0) is 60.2 Å². The zero-order chi connectivity index (χ0) is 21.1. The third-order valence-corrected chi connectivity index (χ3v) is 6.09. The highest BCUT2D eigenvalue weighted by molar-refractivity contribution is 6.30. The second-order valence-corrected chi connectivity index (χ2v) is 8.88. The molecule has 0 aliphatic heterocycles. The van der Waals surface area contributed by atoms with Crippen molar-refractivity contribution in [3.63, 3.8) is 0 Å². The van der Waals surface area contributed by atoms with Gasteiger partial charge in [0.2, 0.25) is 0 Å². The Hall–Kier alpha value is -2.43. The first-order valence-electron chi connectivity index (χ1n) is 10.8. The molecule has 5 heteroatoms. The van der Waals surface area contributed by atoms with E-state index < -0.39 is 0 Å². The Bertz CT molecular complexity index is 1040. The van der Waals surface area contributed by atoms with Crippen LogP contribution in [0.5, 0.6) is 0 Å². The summed E-state index contributed by atoms with van der Waals surface area (Å²) >= 11 is 5.99. The van der Waals surface area contributed by atoms with E-state index in [9.17, 15) is 0 Å². The molecule has 0 amide bonds. The minimum Gasteiger partial charge on any atom is -0.365 e. The van der Waals surface area contributed by atoms with Gasteiger partial charge in [-0.3, -0.25) is 0 Å². The number of halogens is 1. The molecular weight excluding hydrogens is 392 g/mol. The number of nitrogens with one attached hydrogen (secondary N) is 1. The highest BCUT2D eigenvalue weighted by atomic mass is 35.5. The number of aromatic nitrogens is 2. The summed E-state index contributed by atoms with van der Waals surface area (Å²) in [5, 5.41) is 5.44. The van der Waals surface area contributed by atoms with E-state index in [1.54, 1.807) is 0 Å². The summed E-state index contributed by atoms with van der Waals surface area (Å²) in [6, 6.07) is 14.6. The van der Waals surface area contributed by atoms with Crippen LogP contribution in [0.3, 0.4) is 0 Å². The predicted molar refractivity (Wildman–Crippen MR) is 128 cm³/mol. The molecule has 4 rings (SSSR count). The van der Waals surface area contributed by atoms with E-state index in [1.807, 2.05) is 36.4 Å². The van der Waals surface area contributed by atoms with E-state index in [1.165, 1.54) is 18.4 Å². The van der Waals surface area contributed by atoms with Crippen LogP contribution < -0.4 is 11.1 Å². The molecule has 3 N–H and O–H groups in total. The fraction of sp³-hybridized carbons (Fsp3) is 0.360. The van der Waals surface area contributed by atoms with Gasteiger partial charge in [-0.25, -0.2) is 9.97 Å². The Balaban J connectivity index is 1.72. The maximum atomic E-state index is 6.40. The van der Waals surface area contributed by atoms with Crippen molar-refractivity contribution in [3.8, 4) is 0 Å². The van der Waals surface area contributed by atoms with Crippen LogP contribution in [0.2, 0.25) is 5.02 Å². The van der Waals surface area contributed by atoms with Crippen LogP contribution in [-0.4, -0.2) is 22.1 Å². The van der Waals surface area contributed by atoms with Gasteiger partial charge in [-0.15, -0.1) is 0 Å². The molecule has 1 aliphatic carbocycles. The second-order valence-electron chi connectivity index (χ2n) is 8.45. The third-order valence-electron chi connectivity index (χ3n) is 5.84. The topological polar surface area (TPSA) is 63.8 Å². The summed E-state index contributed by atoms with van der Waals surface area (Å²) in [7, 11) is 0. The van der Waals surface area contributed by atoms with Gasteiger partial charge in [0.15, 0.2) is 5.82 Å². The van der Waals surface area contributed by atoms with Crippen LogP contribution in [0.1, 0.15) is 62.4 Å². The number of benzene rings is 2. The van der Waals surface area contributed by atoms with E-state index in [0.717, 1.165) is 40.1 Å². The van der Waals surface area contributed by atoms with Crippen molar-refractivity contribution in [3.05, 3.63) is 64.4 Å². The first-order chi connectivity index (χ1) is 14.5. The standard InChI is InChI=1S/C25H29ClN4/c1-16(2)18-10-13-22-20(15-18)25(29-23-6-4-3-5-21(23)27)30-24(28-22)14-9-17-7-11-19(26)12-8-17/h7-16,21,23H,3-6,27H2,1-2H3,(H,28,29,30). The van der Waals surface area contributed by atoms with Crippen molar-refractivity contribution in [2.24, 2.45) is 5.73 Å². The minimum atomic E-state index is 0.158. The number of rotatable bonds is 5. The summed E-state index contributed by atoms with van der Waals surface area (Å²) in [5.74, 6) is 2.01. The lowest BCUT2D eigenvalue weighted by Crippen LogP contribution is -2.42. The van der Waals surface area contributed by atoms with Crippen molar-refractivity contribution in [1.82, 2.24) is 9.97 Å². The van der Waals surface area contributed by atoms with Gasteiger partial charge in [-0.1, -0.05) is 62.6 Å². The molecule has 1 fully saturated rings. The SMILES string of the molecule is CC(C)c1ccc2nc(C=Cc3ccc(Cl)cc3)nc(NC3CCCCC3N)c2c1. The van der Waals surface area contributed by atoms with E-state index >= 15 is 0 Å². The molecule has 30 heavy (non-hydrogen) atoms. The Morgan fingerprint density at radius 2 is 1.80 bits per heavy atom. The number of hydrogen-bond donors (Lipinski definition) is 2. The van der Waals surface area contributed by atoms with Crippen LogP contribution in [-0.2, 0) is 0 Å². The molecule has 2 unspecified atom stereocenters. The Morgan fingerprint density at radius 1 is 1.03 bits per heavy atom. The average molecular weight is 421 g/mol. The van der Waals surface area contributed by atoms with Gasteiger partial charge in [-0.2, -0.15) is 0 Å².